The number of benzene rings is 1. The van der Waals surface area contributed by atoms with E-state index in [9.17, 15) is 9.59 Å². The molecule has 0 aliphatic heterocycles. The number of thiophene rings is 1. The molecule has 0 saturated heterocycles. The third-order valence-corrected chi connectivity index (χ3v) is 4.31. The van der Waals surface area contributed by atoms with Gasteiger partial charge < -0.3 is 4.42 Å². The summed E-state index contributed by atoms with van der Waals surface area (Å²) in [5, 5.41) is 2.18. The third kappa shape index (κ3) is 2.19. The topological polar surface area (TPSA) is 82.9 Å². The van der Waals surface area contributed by atoms with Gasteiger partial charge in [0.1, 0.15) is 10.5 Å². The van der Waals surface area contributed by atoms with Gasteiger partial charge in [0, 0.05) is 11.8 Å². The van der Waals surface area contributed by atoms with Gasteiger partial charge in [0.05, 0.1) is 0 Å². The van der Waals surface area contributed by atoms with E-state index in [0.717, 1.165) is 8.65 Å². The van der Waals surface area contributed by atoms with Gasteiger partial charge in [-0.05, 0) is 29.6 Å². The van der Waals surface area contributed by atoms with Gasteiger partial charge in [-0.3, -0.25) is 0 Å². The van der Waals surface area contributed by atoms with Crippen LogP contribution in [0, 0.1) is 0 Å². The highest BCUT2D eigenvalue weighted by atomic mass is 35.5. The number of rotatable bonds is 2. The molecular formula is C14H7ClN4O3S. The zero-order chi connectivity index (χ0) is 16.0. The summed E-state index contributed by atoms with van der Waals surface area (Å²) in [5.41, 5.74) is -0.385. The molecule has 0 unspecified atom stereocenters. The Kier molecular flexibility index (Phi) is 3.14. The van der Waals surface area contributed by atoms with Crippen LogP contribution < -0.4 is 11.4 Å². The monoisotopic (exact) mass is 346 g/mol. The van der Waals surface area contributed by atoms with Crippen molar-refractivity contribution in [1.82, 2.24) is 18.6 Å². The van der Waals surface area contributed by atoms with E-state index in [4.69, 9.17) is 16.2 Å². The molecule has 0 aliphatic rings. The smallest absolute Gasteiger partial charge is 0.359 e. The van der Waals surface area contributed by atoms with Gasteiger partial charge in [-0.1, -0.05) is 12.1 Å². The van der Waals surface area contributed by atoms with Gasteiger partial charge in [0.15, 0.2) is 5.58 Å². The SMILES string of the molecule is O=c1nc(-c2nc3ccccc3o2)n(Cl)c(=O)n1-c1cccs1. The highest BCUT2D eigenvalue weighted by molar-refractivity contribution is 7.12. The Morgan fingerprint density at radius 2 is 1.91 bits per heavy atom. The van der Waals surface area contributed by atoms with E-state index in [-0.39, 0.29) is 11.7 Å². The van der Waals surface area contributed by atoms with Crippen molar-refractivity contribution in [3.05, 3.63) is 62.7 Å². The number of hydrogen-bond donors (Lipinski definition) is 0. The molecule has 0 amide bonds. The maximum atomic E-state index is 12.4. The Hall–Kier alpha value is -2.71. The molecule has 4 rings (SSSR count). The van der Waals surface area contributed by atoms with Crippen molar-refractivity contribution < 1.29 is 4.42 Å². The van der Waals surface area contributed by atoms with Crippen LogP contribution in [-0.4, -0.2) is 18.6 Å². The van der Waals surface area contributed by atoms with Gasteiger partial charge in [-0.2, -0.15) is 9.07 Å². The predicted molar refractivity (Wildman–Crippen MR) is 86.2 cm³/mol. The minimum Gasteiger partial charge on any atom is -0.434 e. The second kappa shape index (κ2) is 5.18. The molecule has 0 radical (unpaired) electrons. The van der Waals surface area contributed by atoms with Crippen molar-refractivity contribution in [1.29, 1.82) is 0 Å². The summed E-state index contributed by atoms with van der Waals surface area (Å²) in [4.78, 5) is 32.6. The Morgan fingerprint density at radius 3 is 2.65 bits per heavy atom. The number of halogens is 1. The average Bonchev–Trinajstić information content (AvgIpc) is 3.20. The van der Waals surface area contributed by atoms with Gasteiger partial charge in [-0.25, -0.2) is 19.1 Å². The third-order valence-electron chi connectivity index (χ3n) is 3.15. The van der Waals surface area contributed by atoms with Crippen molar-refractivity contribution in [2.45, 2.75) is 0 Å². The van der Waals surface area contributed by atoms with Gasteiger partial charge in [0.2, 0.25) is 5.82 Å². The van der Waals surface area contributed by atoms with Gasteiger partial charge in [0.25, 0.3) is 5.89 Å². The molecule has 0 N–H and O–H groups in total. The molecule has 0 saturated carbocycles. The zero-order valence-electron chi connectivity index (χ0n) is 11.3. The lowest BCUT2D eigenvalue weighted by Crippen LogP contribution is -2.38. The fourth-order valence-electron chi connectivity index (χ4n) is 2.13. The molecule has 3 aromatic heterocycles. The van der Waals surface area contributed by atoms with Crippen LogP contribution in [0.5, 0.6) is 0 Å². The minimum atomic E-state index is -0.744. The van der Waals surface area contributed by atoms with Crippen molar-refractivity contribution in [3.8, 4) is 16.7 Å². The molecule has 0 atom stereocenters. The summed E-state index contributed by atoms with van der Waals surface area (Å²) >= 11 is 7.27. The Morgan fingerprint density at radius 1 is 1.09 bits per heavy atom. The van der Waals surface area contributed by atoms with Gasteiger partial charge >= 0.3 is 11.4 Å². The van der Waals surface area contributed by atoms with E-state index in [1.807, 2.05) is 0 Å². The van der Waals surface area contributed by atoms with Crippen molar-refractivity contribution in [2.24, 2.45) is 0 Å². The molecule has 23 heavy (non-hydrogen) atoms. The lowest BCUT2D eigenvalue weighted by Gasteiger charge is -2.04. The summed E-state index contributed by atoms with van der Waals surface area (Å²) < 4.78 is 7.13. The van der Waals surface area contributed by atoms with Crippen LogP contribution in [0.3, 0.4) is 0 Å². The van der Waals surface area contributed by atoms with Crippen molar-refractivity contribution >= 4 is 34.2 Å². The van der Waals surface area contributed by atoms with E-state index in [2.05, 4.69) is 9.97 Å². The van der Waals surface area contributed by atoms with Crippen LogP contribution in [0.25, 0.3) is 27.8 Å². The second-order valence-electron chi connectivity index (χ2n) is 4.55. The molecule has 9 heteroatoms. The first-order chi connectivity index (χ1) is 11.1. The predicted octanol–water partition coefficient (Wildman–Crippen LogP) is 2.27. The first kappa shape index (κ1) is 13.9. The van der Waals surface area contributed by atoms with E-state index in [0.29, 0.717) is 16.1 Å². The standard InChI is InChI=1S/C14H7ClN4O3S/c15-19-11(12-16-8-4-1-2-5-9(8)22-12)17-13(20)18(14(19)21)10-6-3-7-23-10/h1-7H. The van der Waals surface area contributed by atoms with E-state index in [1.54, 1.807) is 41.8 Å². The lowest BCUT2D eigenvalue weighted by atomic mass is 10.3. The normalized spacial score (nSPS) is 11.2. The van der Waals surface area contributed by atoms with Crippen molar-refractivity contribution in [2.75, 3.05) is 0 Å². The Bertz CT molecular complexity index is 1090. The Balaban J connectivity index is 1.97. The van der Waals surface area contributed by atoms with E-state index >= 15 is 0 Å². The number of para-hydroxylation sites is 2. The van der Waals surface area contributed by atoms with E-state index < -0.39 is 11.4 Å². The maximum Gasteiger partial charge on any atom is 0.359 e. The van der Waals surface area contributed by atoms with Crippen LogP contribution in [0.1, 0.15) is 0 Å². The number of oxazole rings is 1. The summed E-state index contributed by atoms with van der Waals surface area (Å²) in [7, 11) is 0. The second-order valence-corrected chi connectivity index (χ2v) is 5.82. The van der Waals surface area contributed by atoms with Crippen LogP contribution in [0.4, 0.5) is 0 Å². The summed E-state index contributed by atoms with van der Waals surface area (Å²) in [5.74, 6) is -0.126. The van der Waals surface area contributed by atoms with Crippen LogP contribution in [0.15, 0.2) is 55.8 Å². The zero-order valence-corrected chi connectivity index (χ0v) is 12.9. The molecular weight excluding hydrogens is 340 g/mol. The number of hydrogen-bond acceptors (Lipinski definition) is 6. The lowest BCUT2D eigenvalue weighted by molar-refractivity contribution is 0.605. The molecule has 0 spiro atoms. The van der Waals surface area contributed by atoms with E-state index in [1.165, 1.54) is 11.3 Å². The molecule has 0 fully saturated rings. The Labute approximate surface area is 137 Å². The molecule has 0 bridgehead atoms. The van der Waals surface area contributed by atoms with Gasteiger partial charge in [-0.15, -0.1) is 11.3 Å². The maximum absolute atomic E-state index is 12.4. The van der Waals surface area contributed by atoms with Crippen LogP contribution >= 0.6 is 23.1 Å². The highest BCUT2D eigenvalue weighted by Crippen LogP contribution is 2.22. The summed E-state index contributed by atoms with van der Waals surface area (Å²) in [6.07, 6.45) is 0. The first-order valence-electron chi connectivity index (χ1n) is 6.47. The van der Waals surface area contributed by atoms with Crippen molar-refractivity contribution in [3.63, 3.8) is 0 Å². The minimum absolute atomic E-state index is 0.00808. The molecule has 1 aromatic carbocycles. The quantitative estimate of drug-likeness (QED) is 0.556. The number of nitrogens with zero attached hydrogens (tertiary/aromatic N) is 4. The fraction of sp³-hybridized carbons (Fsp3) is 0. The summed E-state index contributed by atoms with van der Waals surface area (Å²) in [6.45, 7) is 0. The molecule has 0 aliphatic carbocycles. The highest BCUT2D eigenvalue weighted by Gasteiger charge is 2.19. The summed E-state index contributed by atoms with van der Waals surface area (Å²) in [6, 6.07) is 10.4. The van der Waals surface area contributed by atoms with Crippen LogP contribution in [0.2, 0.25) is 0 Å². The van der Waals surface area contributed by atoms with Crippen LogP contribution in [-0.2, 0) is 0 Å². The number of fused-ring (bicyclic) bond motifs is 1. The first-order valence-corrected chi connectivity index (χ1v) is 7.69. The number of aromatic nitrogens is 4. The largest absolute Gasteiger partial charge is 0.434 e. The molecule has 7 nitrogen and oxygen atoms in total. The fourth-order valence-corrected chi connectivity index (χ4v) is 3.03. The molecule has 114 valence electrons. The molecule has 3 heterocycles. The molecule has 4 aromatic rings. The average molecular weight is 347 g/mol.